The third-order valence-electron chi connectivity index (χ3n) is 5.87. The molecule has 0 spiro atoms. The smallest absolute Gasteiger partial charge is 0.272 e. The average Bonchev–Trinajstić information content (AvgIpc) is 2.80. The van der Waals surface area contributed by atoms with Crippen molar-refractivity contribution < 1.29 is 4.79 Å². The van der Waals surface area contributed by atoms with Gasteiger partial charge in [0.05, 0.1) is 0 Å². The minimum absolute atomic E-state index is 0.0205. The molecular weight excluding hydrogens is 364 g/mol. The molecule has 3 heterocycles. The van der Waals surface area contributed by atoms with Crippen LogP contribution in [0.3, 0.4) is 0 Å². The molecule has 0 radical (unpaired) electrons. The van der Waals surface area contributed by atoms with Crippen LogP contribution in [0.4, 0.5) is 5.95 Å². The third kappa shape index (κ3) is 4.92. The maximum atomic E-state index is 12.9. The molecule has 2 aromatic rings. The molecule has 154 valence electrons. The van der Waals surface area contributed by atoms with Crippen molar-refractivity contribution in [1.29, 1.82) is 0 Å². The third-order valence-corrected chi connectivity index (χ3v) is 5.87. The Morgan fingerprint density at radius 2 is 1.59 bits per heavy atom. The number of rotatable bonds is 5. The van der Waals surface area contributed by atoms with Crippen molar-refractivity contribution in [2.45, 2.75) is 13.5 Å². The van der Waals surface area contributed by atoms with E-state index in [-0.39, 0.29) is 5.91 Å². The molecule has 2 aliphatic rings. The molecule has 0 saturated carbocycles. The number of hydrogen-bond donors (Lipinski definition) is 0. The lowest BCUT2D eigenvalue weighted by atomic mass is 10.2. The van der Waals surface area contributed by atoms with Crippen molar-refractivity contribution in [3.63, 3.8) is 0 Å². The topological polar surface area (TPSA) is 55.8 Å². The van der Waals surface area contributed by atoms with Crippen LogP contribution in [0, 0.1) is 0 Å². The molecule has 4 rings (SSSR count). The summed E-state index contributed by atoms with van der Waals surface area (Å²) in [6, 6.07) is 12.3. The molecule has 7 nitrogen and oxygen atoms in total. The zero-order chi connectivity index (χ0) is 20.1. The Balaban J connectivity index is 1.34. The van der Waals surface area contributed by atoms with E-state index in [0.717, 1.165) is 65.4 Å². The first-order valence-electron chi connectivity index (χ1n) is 10.6. The Bertz CT molecular complexity index is 798. The van der Waals surface area contributed by atoms with Crippen LogP contribution in [-0.2, 0) is 6.54 Å². The van der Waals surface area contributed by atoms with Crippen molar-refractivity contribution in [1.82, 2.24) is 24.7 Å². The molecule has 1 amide bonds. The van der Waals surface area contributed by atoms with E-state index >= 15 is 0 Å². The Kier molecular flexibility index (Phi) is 6.36. The summed E-state index contributed by atoms with van der Waals surface area (Å²) in [5, 5.41) is 0. The van der Waals surface area contributed by atoms with Gasteiger partial charge in [0.2, 0.25) is 5.95 Å². The highest BCUT2D eigenvalue weighted by Crippen LogP contribution is 2.15. The summed E-state index contributed by atoms with van der Waals surface area (Å²) >= 11 is 0. The number of carbonyl (C=O) groups excluding carboxylic acids is 1. The first-order chi connectivity index (χ1) is 14.2. The fourth-order valence-corrected chi connectivity index (χ4v) is 4.00. The number of aromatic nitrogens is 2. The lowest BCUT2D eigenvalue weighted by Crippen LogP contribution is -2.49. The molecule has 0 N–H and O–H groups in total. The van der Waals surface area contributed by atoms with E-state index < -0.39 is 0 Å². The summed E-state index contributed by atoms with van der Waals surface area (Å²) in [6.45, 7) is 11.3. The minimum atomic E-state index is 0.0205. The van der Waals surface area contributed by atoms with E-state index in [1.165, 1.54) is 5.56 Å². The van der Waals surface area contributed by atoms with Crippen LogP contribution in [0.5, 0.6) is 0 Å². The number of benzene rings is 1. The van der Waals surface area contributed by atoms with Crippen LogP contribution < -0.4 is 4.90 Å². The summed E-state index contributed by atoms with van der Waals surface area (Å²) in [7, 11) is 0. The first-order valence-corrected chi connectivity index (χ1v) is 10.6. The van der Waals surface area contributed by atoms with Gasteiger partial charge in [-0.1, -0.05) is 37.3 Å². The van der Waals surface area contributed by atoms with Gasteiger partial charge in [-0.25, -0.2) is 9.97 Å². The molecule has 2 aliphatic heterocycles. The van der Waals surface area contributed by atoms with Gasteiger partial charge in [0.1, 0.15) is 5.69 Å². The predicted octanol–water partition coefficient (Wildman–Crippen LogP) is 1.58. The second-order valence-electron chi connectivity index (χ2n) is 7.72. The van der Waals surface area contributed by atoms with Crippen LogP contribution in [0.2, 0.25) is 0 Å². The maximum absolute atomic E-state index is 12.9. The van der Waals surface area contributed by atoms with Gasteiger partial charge in [-0.2, -0.15) is 0 Å². The number of nitrogens with zero attached hydrogens (tertiary/aromatic N) is 6. The molecule has 29 heavy (non-hydrogen) atoms. The molecule has 0 unspecified atom stereocenters. The van der Waals surface area contributed by atoms with Crippen LogP contribution in [0.25, 0.3) is 0 Å². The van der Waals surface area contributed by atoms with E-state index in [9.17, 15) is 4.79 Å². The van der Waals surface area contributed by atoms with Crippen LogP contribution in [-0.4, -0.2) is 89.5 Å². The van der Waals surface area contributed by atoms with Gasteiger partial charge in [0.25, 0.3) is 5.91 Å². The lowest BCUT2D eigenvalue weighted by molar-refractivity contribution is 0.0637. The molecule has 1 aromatic heterocycles. The number of likely N-dealkylation sites (N-methyl/N-ethyl adjacent to an activating group) is 1. The zero-order valence-electron chi connectivity index (χ0n) is 17.2. The van der Waals surface area contributed by atoms with Crippen molar-refractivity contribution in [3.05, 3.63) is 53.9 Å². The van der Waals surface area contributed by atoms with Gasteiger partial charge >= 0.3 is 0 Å². The number of hydrogen-bond acceptors (Lipinski definition) is 6. The van der Waals surface area contributed by atoms with Gasteiger partial charge < -0.3 is 14.7 Å². The minimum Gasteiger partial charge on any atom is -0.338 e. The largest absolute Gasteiger partial charge is 0.338 e. The number of anilines is 1. The normalized spacial score (nSPS) is 18.8. The van der Waals surface area contributed by atoms with E-state index in [0.29, 0.717) is 11.6 Å². The monoisotopic (exact) mass is 394 g/mol. The van der Waals surface area contributed by atoms with E-state index in [4.69, 9.17) is 0 Å². The molecule has 2 fully saturated rings. The van der Waals surface area contributed by atoms with Crippen LogP contribution >= 0.6 is 0 Å². The predicted molar refractivity (Wildman–Crippen MR) is 114 cm³/mol. The van der Waals surface area contributed by atoms with Gasteiger partial charge in [0, 0.05) is 65.1 Å². The summed E-state index contributed by atoms with van der Waals surface area (Å²) in [5.74, 6) is 0.689. The van der Waals surface area contributed by atoms with Gasteiger partial charge in [-0.15, -0.1) is 0 Å². The Morgan fingerprint density at radius 1 is 0.897 bits per heavy atom. The SMILES string of the molecule is CCN1CCN(C(=O)c2ccnc(N3CCN(Cc4ccccc4)CC3)n2)CC1. The summed E-state index contributed by atoms with van der Waals surface area (Å²) in [6.07, 6.45) is 1.72. The van der Waals surface area contributed by atoms with Crippen LogP contribution in [0.15, 0.2) is 42.6 Å². The van der Waals surface area contributed by atoms with Crippen molar-refractivity contribution in [2.75, 3.05) is 63.8 Å². The molecule has 2 saturated heterocycles. The lowest BCUT2D eigenvalue weighted by Gasteiger charge is -2.35. The highest BCUT2D eigenvalue weighted by Gasteiger charge is 2.24. The van der Waals surface area contributed by atoms with Gasteiger partial charge in [0.15, 0.2) is 0 Å². The number of piperazine rings is 2. The fraction of sp³-hybridized carbons (Fsp3) is 0.500. The Hall–Kier alpha value is -2.51. The molecular formula is C22H30N6O. The zero-order valence-corrected chi connectivity index (χ0v) is 17.2. The van der Waals surface area contributed by atoms with Crippen molar-refractivity contribution >= 4 is 11.9 Å². The van der Waals surface area contributed by atoms with E-state index in [1.807, 2.05) is 4.90 Å². The molecule has 7 heteroatoms. The van der Waals surface area contributed by atoms with Gasteiger partial charge in [-0.05, 0) is 18.2 Å². The number of carbonyl (C=O) groups is 1. The fourth-order valence-electron chi connectivity index (χ4n) is 4.00. The second-order valence-corrected chi connectivity index (χ2v) is 7.72. The second kappa shape index (κ2) is 9.33. The van der Waals surface area contributed by atoms with Crippen molar-refractivity contribution in [3.8, 4) is 0 Å². The highest BCUT2D eigenvalue weighted by atomic mass is 16.2. The standard InChI is InChI=1S/C22H30N6O/c1-2-25-10-14-27(15-11-25)21(29)20-8-9-23-22(24-20)28-16-12-26(13-17-28)18-19-6-4-3-5-7-19/h3-9H,2,10-18H2,1H3. The highest BCUT2D eigenvalue weighted by molar-refractivity contribution is 5.92. The quantitative estimate of drug-likeness (QED) is 0.768. The average molecular weight is 395 g/mol. The Morgan fingerprint density at radius 3 is 2.28 bits per heavy atom. The molecule has 0 atom stereocenters. The molecule has 0 aliphatic carbocycles. The van der Waals surface area contributed by atoms with E-state index in [1.54, 1.807) is 12.3 Å². The van der Waals surface area contributed by atoms with Crippen molar-refractivity contribution in [2.24, 2.45) is 0 Å². The molecule has 1 aromatic carbocycles. The van der Waals surface area contributed by atoms with Crippen LogP contribution in [0.1, 0.15) is 23.0 Å². The Labute approximate surface area is 172 Å². The first kappa shape index (κ1) is 19.8. The summed E-state index contributed by atoms with van der Waals surface area (Å²) in [4.78, 5) is 30.8. The van der Waals surface area contributed by atoms with E-state index in [2.05, 4.69) is 61.9 Å². The molecule has 0 bridgehead atoms. The van der Waals surface area contributed by atoms with Gasteiger partial charge in [-0.3, -0.25) is 9.69 Å². The summed E-state index contributed by atoms with van der Waals surface area (Å²) < 4.78 is 0. The summed E-state index contributed by atoms with van der Waals surface area (Å²) in [5.41, 5.74) is 1.85. The maximum Gasteiger partial charge on any atom is 0.272 e. The number of amides is 1.